The molecule has 0 unspecified atom stereocenters. The molecule has 1 saturated carbocycles. The molecule has 0 spiro atoms. The summed E-state index contributed by atoms with van der Waals surface area (Å²) in [7, 11) is -3.43. The Morgan fingerprint density at radius 2 is 1.76 bits per heavy atom. The molecule has 2 aromatic heterocycles. The maximum Gasteiger partial charge on any atom is 0.243 e. The molecule has 3 aromatic rings. The van der Waals surface area contributed by atoms with Gasteiger partial charge in [-0.15, -0.1) is 5.10 Å². The first-order chi connectivity index (χ1) is 15.9. The molecule has 4 N–H and O–H groups in total. The average molecular weight is 470 g/mol. The minimum absolute atomic E-state index is 0.295. The monoisotopic (exact) mass is 469 g/mol. The summed E-state index contributed by atoms with van der Waals surface area (Å²) in [5.41, 5.74) is 9.31. The molecule has 2 aliphatic rings. The number of hydrogen-bond donors (Lipinski definition) is 3. The van der Waals surface area contributed by atoms with E-state index in [0.717, 1.165) is 67.1 Å². The third-order valence-electron chi connectivity index (χ3n) is 6.60. The number of aryl methyl sites for hydroxylation is 1. The molecule has 0 radical (unpaired) electrons. The lowest BCUT2D eigenvalue weighted by Gasteiger charge is -2.27. The summed E-state index contributed by atoms with van der Waals surface area (Å²) in [6.07, 6.45) is 7.72. The van der Waals surface area contributed by atoms with Crippen LogP contribution in [-0.4, -0.2) is 52.5 Å². The minimum Gasteiger partial charge on any atom is -0.366 e. The SMILES string of the molecule is Cc1cnc2c(Nc3ccc(S(=O)(=O)N4CCCC4)cc3)cc(NC3CCC(N)CC3)nn12. The Kier molecular flexibility index (Phi) is 5.98. The van der Waals surface area contributed by atoms with E-state index in [1.54, 1.807) is 34.8 Å². The van der Waals surface area contributed by atoms with Crippen LogP contribution in [0.5, 0.6) is 0 Å². The standard InChI is InChI=1S/C23H31N7O2S/c1-16-15-25-23-21(14-22(28-30(16)23)27-19-6-4-17(24)5-7-19)26-18-8-10-20(11-9-18)33(31,32)29-12-2-3-13-29/h8-11,14-15,17,19,26H,2-7,12-13,24H2,1H3,(H,27,28). The molecule has 3 heterocycles. The number of imidazole rings is 1. The van der Waals surface area contributed by atoms with Gasteiger partial charge < -0.3 is 16.4 Å². The fourth-order valence-electron chi connectivity index (χ4n) is 4.66. The van der Waals surface area contributed by atoms with Crippen molar-refractivity contribution in [2.75, 3.05) is 23.7 Å². The van der Waals surface area contributed by atoms with Gasteiger partial charge in [-0.25, -0.2) is 17.9 Å². The van der Waals surface area contributed by atoms with Gasteiger partial charge in [0.1, 0.15) is 5.82 Å². The number of fused-ring (bicyclic) bond motifs is 1. The lowest BCUT2D eigenvalue weighted by atomic mass is 9.92. The van der Waals surface area contributed by atoms with E-state index in [0.29, 0.717) is 30.1 Å². The molecule has 10 heteroatoms. The van der Waals surface area contributed by atoms with Gasteiger partial charge in [0.2, 0.25) is 10.0 Å². The van der Waals surface area contributed by atoms with Crippen LogP contribution in [0.2, 0.25) is 0 Å². The Labute approximate surface area is 194 Å². The molecule has 2 fully saturated rings. The third kappa shape index (κ3) is 4.55. The van der Waals surface area contributed by atoms with Crippen LogP contribution in [0.3, 0.4) is 0 Å². The Bertz CT molecular complexity index is 1230. The number of nitrogens with one attached hydrogen (secondary N) is 2. The number of aromatic nitrogens is 3. The fraction of sp³-hybridized carbons (Fsp3) is 0.478. The van der Waals surface area contributed by atoms with Crippen LogP contribution < -0.4 is 16.4 Å². The van der Waals surface area contributed by atoms with E-state index in [-0.39, 0.29) is 0 Å². The summed E-state index contributed by atoms with van der Waals surface area (Å²) in [6, 6.07) is 9.53. The van der Waals surface area contributed by atoms with Crippen molar-refractivity contribution in [3.63, 3.8) is 0 Å². The molecular formula is C23H31N7O2S. The Balaban J connectivity index is 1.39. The van der Waals surface area contributed by atoms with Gasteiger partial charge in [-0.2, -0.15) is 4.31 Å². The van der Waals surface area contributed by atoms with Gasteiger partial charge in [0.15, 0.2) is 5.65 Å². The van der Waals surface area contributed by atoms with E-state index < -0.39 is 10.0 Å². The van der Waals surface area contributed by atoms with Crippen LogP contribution in [0, 0.1) is 6.92 Å². The van der Waals surface area contributed by atoms with Crippen molar-refractivity contribution >= 4 is 32.9 Å². The number of anilines is 3. The Hall–Kier alpha value is -2.69. The van der Waals surface area contributed by atoms with Gasteiger partial charge in [0, 0.05) is 36.9 Å². The maximum atomic E-state index is 12.8. The van der Waals surface area contributed by atoms with Crippen molar-refractivity contribution in [1.82, 2.24) is 18.9 Å². The molecule has 1 aliphatic carbocycles. The topological polar surface area (TPSA) is 118 Å². The number of rotatable bonds is 6. The second-order valence-corrected chi connectivity index (χ2v) is 11.0. The van der Waals surface area contributed by atoms with Crippen molar-refractivity contribution in [2.45, 2.75) is 62.4 Å². The normalized spacial score (nSPS) is 22.0. The lowest BCUT2D eigenvalue weighted by molar-refractivity contribution is 0.410. The molecule has 33 heavy (non-hydrogen) atoms. The first-order valence-electron chi connectivity index (χ1n) is 11.6. The predicted octanol–water partition coefficient (Wildman–Crippen LogP) is 3.25. The zero-order chi connectivity index (χ0) is 23.0. The zero-order valence-electron chi connectivity index (χ0n) is 18.9. The lowest BCUT2D eigenvalue weighted by Crippen LogP contribution is -2.33. The van der Waals surface area contributed by atoms with Gasteiger partial charge in [-0.1, -0.05) is 0 Å². The number of nitrogens with zero attached hydrogens (tertiary/aromatic N) is 4. The highest BCUT2D eigenvalue weighted by Gasteiger charge is 2.27. The van der Waals surface area contributed by atoms with Crippen LogP contribution in [0.15, 0.2) is 41.4 Å². The quantitative estimate of drug-likeness (QED) is 0.507. The van der Waals surface area contributed by atoms with Crippen molar-refractivity contribution in [3.8, 4) is 0 Å². The van der Waals surface area contributed by atoms with Crippen LogP contribution in [0.1, 0.15) is 44.2 Å². The van der Waals surface area contributed by atoms with E-state index >= 15 is 0 Å². The van der Waals surface area contributed by atoms with Crippen LogP contribution in [0.4, 0.5) is 17.2 Å². The first-order valence-corrected chi connectivity index (χ1v) is 13.1. The molecule has 0 atom stereocenters. The summed E-state index contributed by atoms with van der Waals surface area (Å²) < 4.78 is 29.0. The number of sulfonamides is 1. The Morgan fingerprint density at radius 3 is 2.45 bits per heavy atom. The molecule has 9 nitrogen and oxygen atoms in total. The highest BCUT2D eigenvalue weighted by Crippen LogP contribution is 2.28. The van der Waals surface area contributed by atoms with Gasteiger partial charge in [0.05, 0.1) is 22.5 Å². The van der Waals surface area contributed by atoms with Crippen molar-refractivity contribution in [1.29, 1.82) is 0 Å². The number of hydrogen-bond acceptors (Lipinski definition) is 7. The molecule has 1 aromatic carbocycles. The van der Waals surface area contributed by atoms with E-state index in [9.17, 15) is 8.42 Å². The maximum absolute atomic E-state index is 12.8. The van der Waals surface area contributed by atoms with Crippen molar-refractivity contribution < 1.29 is 8.42 Å². The van der Waals surface area contributed by atoms with Crippen LogP contribution in [-0.2, 0) is 10.0 Å². The summed E-state index contributed by atoms with van der Waals surface area (Å²) >= 11 is 0. The molecule has 0 bridgehead atoms. The third-order valence-corrected chi connectivity index (χ3v) is 8.51. The molecule has 5 rings (SSSR count). The van der Waals surface area contributed by atoms with E-state index in [1.807, 2.05) is 17.5 Å². The highest BCUT2D eigenvalue weighted by molar-refractivity contribution is 7.89. The van der Waals surface area contributed by atoms with Gasteiger partial charge in [-0.05, 0) is 69.7 Å². The number of nitrogens with two attached hydrogens (primary N) is 1. The Morgan fingerprint density at radius 1 is 1.06 bits per heavy atom. The van der Waals surface area contributed by atoms with E-state index in [4.69, 9.17) is 10.8 Å². The van der Waals surface area contributed by atoms with Gasteiger partial charge >= 0.3 is 0 Å². The second-order valence-electron chi connectivity index (χ2n) is 9.09. The van der Waals surface area contributed by atoms with E-state index in [1.165, 1.54) is 0 Å². The fourth-order valence-corrected chi connectivity index (χ4v) is 6.17. The average Bonchev–Trinajstić information content (AvgIpc) is 3.47. The first kappa shape index (κ1) is 22.1. The molecule has 176 valence electrons. The summed E-state index contributed by atoms with van der Waals surface area (Å²) in [6.45, 7) is 3.16. The highest BCUT2D eigenvalue weighted by atomic mass is 32.2. The summed E-state index contributed by atoms with van der Waals surface area (Å²) in [5.74, 6) is 0.778. The molecule has 1 saturated heterocycles. The minimum atomic E-state index is -3.43. The van der Waals surface area contributed by atoms with Crippen LogP contribution in [0.25, 0.3) is 5.65 Å². The largest absolute Gasteiger partial charge is 0.366 e. The summed E-state index contributed by atoms with van der Waals surface area (Å²) in [5, 5.41) is 11.7. The van der Waals surface area contributed by atoms with Gasteiger partial charge in [0.25, 0.3) is 0 Å². The van der Waals surface area contributed by atoms with Crippen molar-refractivity contribution in [2.24, 2.45) is 5.73 Å². The van der Waals surface area contributed by atoms with Crippen LogP contribution >= 0.6 is 0 Å². The molecule has 1 aliphatic heterocycles. The van der Waals surface area contributed by atoms with Gasteiger partial charge in [-0.3, -0.25) is 0 Å². The predicted molar refractivity (Wildman–Crippen MR) is 129 cm³/mol. The van der Waals surface area contributed by atoms with E-state index in [2.05, 4.69) is 15.6 Å². The zero-order valence-corrected chi connectivity index (χ0v) is 19.7. The number of benzene rings is 1. The smallest absolute Gasteiger partial charge is 0.243 e. The summed E-state index contributed by atoms with van der Waals surface area (Å²) in [4.78, 5) is 4.84. The molecule has 0 amide bonds. The second kappa shape index (κ2) is 8.92. The molecular weight excluding hydrogens is 438 g/mol. The van der Waals surface area contributed by atoms with Crippen molar-refractivity contribution in [3.05, 3.63) is 42.2 Å².